The predicted octanol–water partition coefficient (Wildman–Crippen LogP) is 1.82. The maximum absolute atomic E-state index is 4.56. The van der Waals surface area contributed by atoms with E-state index in [2.05, 4.69) is 26.3 Å². The zero-order chi connectivity index (χ0) is 11.1. The Morgan fingerprint density at radius 1 is 1.38 bits per heavy atom. The SMILES string of the molecule is CNc1cc(N2CC3CCC2C3)nc(C)n1. The van der Waals surface area contributed by atoms with Gasteiger partial charge in [-0.2, -0.15) is 0 Å². The van der Waals surface area contributed by atoms with Crippen LogP contribution < -0.4 is 10.2 Å². The molecule has 0 radical (unpaired) electrons. The average molecular weight is 218 g/mol. The van der Waals surface area contributed by atoms with Gasteiger partial charge in [0.15, 0.2) is 0 Å². The van der Waals surface area contributed by atoms with Crippen LogP contribution in [0.3, 0.4) is 0 Å². The van der Waals surface area contributed by atoms with E-state index in [0.717, 1.165) is 29.4 Å². The monoisotopic (exact) mass is 218 g/mol. The second kappa shape index (κ2) is 3.61. The molecule has 1 N–H and O–H groups in total. The van der Waals surface area contributed by atoms with E-state index in [1.165, 1.54) is 25.8 Å². The minimum absolute atomic E-state index is 0.726. The molecule has 16 heavy (non-hydrogen) atoms. The van der Waals surface area contributed by atoms with Crippen LogP contribution in [0.2, 0.25) is 0 Å². The lowest BCUT2D eigenvalue weighted by Crippen LogP contribution is -2.32. The van der Waals surface area contributed by atoms with Gasteiger partial charge in [-0.15, -0.1) is 0 Å². The van der Waals surface area contributed by atoms with Gasteiger partial charge in [0.05, 0.1) is 0 Å². The molecule has 1 aliphatic carbocycles. The third-order valence-corrected chi connectivity index (χ3v) is 3.78. The first-order chi connectivity index (χ1) is 7.76. The molecular weight excluding hydrogens is 200 g/mol. The highest BCUT2D eigenvalue weighted by molar-refractivity contribution is 5.51. The van der Waals surface area contributed by atoms with E-state index in [1.54, 1.807) is 0 Å². The van der Waals surface area contributed by atoms with Gasteiger partial charge >= 0.3 is 0 Å². The summed E-state index contributed by atoms with van der Waals surface area (Å²) in [6.45, 7) is 3.14. The van der Waals surface area contributed by atoms with Gasteiger partial charge in [-0.25, -0.2) is 9.97 Å². The first-order valence-electron chi connectivity index (χ1n) is 6.06. The third-order valence-electron chi connectivity index (χ3n) is 3.78. The summed E-state index contributed by atoms with van der Waals surface area (Å²) in [6, 6.07) is 2.79. The molecule has 2 atom stereocenters. The molecule has 2 heterocycles. The summed E-state index contributed by atoms with van der Waals surface area (Å²) >= 11 is 0. The third kappa shape index (κ3) is 1.52. The van der Waals surface area contributed by atoms with Crippen molar-refractivity contribution < 1.29 is 0 Å². The Kier molecular flexibility index (Phi) is 2.23. The predicted molar refractivity (Wildman–Crippen MR) is 64.8 cm³/mol. The fourth-order valence-corrected chi connectivity index (χ4v) is 3.03. The fraction of sp³-hybridized carbons (Fsp3) is 0.667. The standard InChI is InChI=1S/C12H18N4/c1-8-14-11(13-2)6-12(15-8)16-7-9-3-4-10(16)5-9/h6,9-10H,3-5,7H2,1-2H3,(H,13,14,15). The topological polar surface area (TPSA) is 41.0 Å². The molecule has 3 rings (SSSR count). The Morgan fingerprint density at radius 2 is 2.25 bits per heavy atom. The smallest absolute Gasteiger partial charge is 0.134 e. The molecule has 1 saturated heterocycles. The molecule has 86 valence electrons. The van der Waals surface area contributed by atoms with E-state index in [0.29, 0.717) is 0 Å². The molecule has 0 amide bonds. The number of anilines is 2. The van der Waals surface area contributed by atoms with E-state index in [-0.39, 0.29) is 0 Å². The molecule has 4 heteroatoms. The van der Waals surface area contributed by atoms with E-state index < -0.39 is 0 Å². The molecule has 1 aromatic rings. The highest BCUT2D eigenvalue weighted by atomic mass is 15.3. The van der Waals surface area contributed by atoms with Crippen LogP contribution >= 0.6 is 0 Å². The largest absolute Gasteiger partial charge is 0.373 e. The molecule has 1 aromatic heterocycles. The molecule has 2 fully saturated rings. The van der Waals surface area contributed by atoms with E-state index in [9.17, 15) is 0 Å². The lowest BCUT2D eigenvalue weighted by molar-refractivity contribution is 0.550. The number of nitrogens with one attached hydrogen (secondary N) is 1. The molecule has 1 saturated carbocycles. The van der Waals surface area contributed by atoms with Crippen molar-refractivity contribution in [2.75, 3.05) is 23.8 Å². The normalized spacial score (nSPS) is 27.5. The van der Waals surface area contributed by atoms with Crippen LogP contribution in [0, 0.1) is 12.8 Å². The first-order valence-corrected chi connectivity index (χ1v) is 6.06. The van der Waals surface area contributed by atoms with Gasteiger partial charge in [0.2, 0.25) is 0 Å². The Hall–Kier alpha value is -1.32. The number of fused-ring (bicyclic) bond motifs is 2. The Bertz CT molecular complexity index is 404. The van der Waals surface area contributed by atoms with Gasteiger partial charge in [-0.05, 0) is 32.1 Å². The van der Waals surface area contributed by atoms with Gasteiger partial charge < -0.3 is 10.2 Å². The summed E-state index contributed by atoms with van der Waals surface area (Å²) in [4.78, 5) is 11.4. The molecule has 4 nitrogen and oxygen atoms in total. The summed E-state index contributed by atoms with van der Waals surface area (Å²) < 4.78 is 0. The highest BCUT2D eigenvalue weighted by Gasteiger charge is 2.38. The van der Waals surface area contributed by atoms with Crippen molar-refractivity contribution in [3.63, 3.8) is 0 Å². The lowest BCUT2D eigenvalue weighted by atomic mass is 10.1. The summed E-state index contributed by atoms with van der Waals surface area (Å²) in [5.74, 6) is 3.78. The summed E-state index contributed by atoms with van der Waals surface area (Å²) in [5, 5.41) is 3.10. The second-order valence-corrected chi connectivity index (χ2v) is 4.89. The van der Waals surface area contributed by atoms with Gasteiger partial charge in [-0.3, -0.25) is 0 Å². The number of piperidine rings is 1. The molecule has 0 aromatic carbocycles. The molecule has 2 aliphatic rings. The van der Waals surface area contributed by atoms with Gasteiger partial charge in [0.25, 0.3) is 0 Å². The zero-order valence-electron chi connectivity index (χ0n) is 9.90. The maximum Gasteiger partial charge on any atom is 0.134 e. The Balaban J connectivity index is 1.91. The Labute approximate surface area is 96.1 Å². The minimum atomic E-state index is 0.726. The number of hydrogen-bond donors (Lipinski definition) is 1. The maximum atomic E-state index is 4.56. The first kappa shape index (κ1) is 9.87. The van der Waals surface area contributed by atoms with Gasteiger partial charge in [0, 0.05) is 25.7 Å². The van der Waals surface area contributed by atoms with E-state index in [4.69, 9.17) is 0 Å². The van der Waals surface area contributed by atoms with Gasteiger partial charge in [-0.1, -0.05) is 0 Å². The number of hydrogen-bond acceptors (Lipinski definition) is 4. The van der Waals surface area contributed by atoms with Crippen molar-refractivity contribution in [1.29, 1.82) is 0 Å². The van der Waals surface area contributed by atoms with Crippen LogP contribution in [0.15, 0.2) is 6.07 Å². The van der Waals surface area contributed by atoms with Crippen LogP contribution in [-0.4, -0.2) is 29.6 Å². The summed E-state index contributed by atoms with van der Waals surface area (Å²) in [6.07, 6.45) is 4.10. The fourth-order valence-electron chi connectivity index (χ4n) is 3.03. The number of aryl methyl sites for hydroxylation is 1. The Morgan fingerprint density at radius 3 is 2.88 bits per heavy atom. The van der Waals surface area contributed by atoms with Crippen LogP contribution in [0.4, 0.5) is 11.6 Å². The second-order valence-electron chi connectivity index (χ2n) is 4.89. The molecule has 1 aliphatic heterocycles. The number of rotatable bonds is 2. The van der Waals surface area contributed by atoms with E-state index in [1.807, 2.05) is 14.0 Å². The van der Waals surface area contributed by atoms with Crippen molar-refractivity contribution in [3.8, 4) is 0 Å². The van der Waals surface area contributed by atoms with E-state index >= 15 is 0 Å². The highest BCUT2D eigenvalue weighted by Crippen LogP contribution is 2.39. The average Bonchev–Trinajstić information content (AvgIpc) is 2.89. The number of nitrogens with zero attached hydrogens (tertiary/aromatic N) is 3. The quantitative estimate of drug-likeness (QED) is 0.822. The van der Waals surface area contributed by atoms with Crippen molar-refractivity contribution in [2.24, 2.45) is 5.92 Å². The number of aromatic nitrogens is 2. The van der Waals surface area contributed by atoms with Crippen LogP contribution in [-0.2, 0) is 0 Å². The summed E-state index contributed by atoms with van der Waals surface area (Å²) in [7, 11) is 1.90. The van der Waals surface area contributed by atoms with Crippen LogP contribution in [0.25, 0.3) is 0 Å². The molecular formula is C12H18N4. The van der Waals surface area contributed by atoms with Crippen molar-refractivity contribution in [2.45, 2.75) is 32.2 Å². The molecule has 2 unspecified atom stereocenters. The molecule has 0 spiro atoms. The zero-order valence-corrected chi connectivity index (χ0v) is 9.90. The van der Waals surface area contributed by atoms with Gasteiger partial charge in [0.1, 0.15) is 17.5 Å². The minimum Gasteiger partial charge on any atom is -0.373 e. The van der Waals surface area contributed by atoms with Crippen molar-refractivity contribution in [3.05, 3.63) is 11.9 Å². The van der Waals surface area contributed by atoms with Crippen LogP contribution in [0.1, 0.15) is 25.1 Å². The molecule has 2 bridgehead atoms. The summed E-state index contributed by atoms with van der Waals surface area (Å²) in [5.41, 5.74) is 0. The van der Waals surface area contributed by atoms with Crippen molar-refractivity contribution >= 4 is 11.6 Å². The van der Waals surface area contributed by atoms with Crippen LogP contribution in [0.5, 0.6) is 0 Å². The van der Waals surface area contributed by atoms with Crippen molar-refractivity contribution in [1.82, 2.24) is 9.97 Å². The lowest BCUT2D eigenvalue weighted by Gasteiger charge is -2.28.